The zero-order chi connectivity index (χ0) is 13.9. The van der Waals surface area contributed by atoms with Gasteiger partial charge < -0.3 is 4.90 Å². The van der Waals surface area contributed by atoms with Crippen LogP contribution in [0.15, 0.2) is 54.6 Å². The van der Waals surface area contributed by atoms with E-state index in [-0.39, 0.29) is 5.41 Å². The first-order chi connectivity index (χ1) is 8.96. The van der Waals surface area contributed by atoms with Gasteiger partial charge in [0.2, 0.25) is 0 Å². The Morgan fingerprint density at radius 1 is 0.842 bits per heavy atom. The molecule has 0 atom stereocenters. The van der Waals surface area contributed by atoms with Gasteiger partial charge in [0.15, 0.2) is 0 Å². The second-order valence-corrected chi connectivity index (χ2v) is 6.32. The van der Waals surface area contributed by atoms with Crippen LogP contribution in [0.2, 0.25) is 0 Å². The normalized spacial score (nSPS) is 11.4. The van der Waals surface area contributed by atoms with Crippen LogP contribution in [0.5, 0.6) is 0 Å². The van der Waals surface area contributed by atoms with Crippen LogP contribution in [0.3, 0.4) is 0 Å². The number of hydrogen-bond acceptors (Lipinski definition) is 1. The highest BCUT2D eigenvalue weighted by atomic mass is 15.1. The Kier molecular flexibility index (Phi) is 3.94. The third-order valence-corrected chi connectivity index (χ3v) is 3.01. The van der Waals surface area contributed by atoms with Crippen molar-refractivity contribution in [1.29, 1.82) is 0 Å². The van der Waals surface area contributed by atoms with Crippen LogP contribution < -0.4 is 4.90 Å². The summed E-state index contributed by atoms with van der Waals surface area (Å²) in [5, 5.41) is 0. The standard InChI is InChI=1S/C18H23N/c1-15-9-8-12-17(13-15)19(14-18(2,3)4)16-10-6-5-7-11-16/h5-13H,14H2,1-4H3. The van der Waals surface area contributed by atoms with Gasteiger partial charge in [0, 0.05) is 17.9 Å². The first-order valence-electron chi connectivity index (χ1n) is 6.85. The average Bonchev–Trinajstić information content (AvgIpc) is 2.36. The number of anilines is 2. The van der Waals surface area contributed by atoms with E-state index >= 15 is 0 Å². The highest BCUT2D eigenvalue weighted by molar-refractivity contribution is 5.63. The molecule has 0 bridgehead atoms. The Morgan fingerprint density at radius 3 is 2.05 bits per heavy atom. The van der Waals surface area contributed by atoms with Crippen molar-refractivity contribution in [1.82, 2.24) is 0 Å². The molecule has 19 heavy (non-hydrogen) atoms. The van der Waals surface area contributed by atoms with Crippen molar-refractivity contribution >= 4 is 11.4 Å². The fraction of sp³-hybridized carbons (Fsp3) is 0.333. The summed E-state index contributed by atoms with van der Waals surface area (Å²) in [5.74, 6) is 0. The Labute approximate surface area is 116 Å². The van der Waals surface area contributed by atoms with Gasteiger partial charge in [-0.2, -0.15) is 0 Å². The fourth-order valence-electron chi connectivity index (χ4n) is 2.21. The predicted molar refractivity (Wildman–Crippen MR) is 84.1 cm³/mol. The molecule has 100 valence electrons. The van der Waals surface area contributed by atoms with E-state index in [4.69, 9.17) is 0 Å². The molecule has 1 heteroatoms. The van der Waals surface area contributed by atoms with Crippen LogP contribution in [-0.2, 0) is 0 Å². The summed E-state index contributed by atoms with van der Waals surface area (Å²) in [7, 11) is 0. The smallest absolute Gasteiger partial charge is 0.0413 e. The van der Waals surface area contributed by atoms with Crippen LogP contribution in [0.4, 0.5) is 11.4 Å². The number of benzene rings is 2. The third kappa shape index (κ3) is 3.85. The largest absolute Gasteiger partial charge is 0.341 e. The Morgan fingerprint density at radius 2 is 1.47 bits per heavy atom. The maximum atomic E-state index is 2.40. The molecule has 0 radical (unpaired) electrons. The molecule has 0 saturated heterocycles. The molecule has 0 saturated carbocycles. The minimum absolute atomic E-state index is 0.250. The van der Waals surface area contributed by atoms with Crippen LogP contribution in [0.25, 0.3) is 0 Å². The van der Waals surface area contributed by atoms with E-state index < -0.39 is 0 Å². The Bertz CT molecular complexity index is 523. The third-order valence-electron chi connectivity index (χ3n) is 3.01. The molecular formula is C18H23N. The van der Waals surface area contributed by atoms with Gasteiger partial charge in [-0.1, -0.05) is 51.1 Å². The van der Waals surface area contributed by atoms with Crippen molar-refractivity contribution in [3.63, 3.8) is 0 Å². The van der Waals surface area contributed by atoms with Gasteiger partial charge in [0.1, 0.15) is 0 Å². The topological polar surface area (TPSA) is 3.24 Å². The number of hydrogen-bond donors (Lipinski definition) is 0. The molecule has 1 nitrogen and oxygen atoms in total. The van der Waals surface area contributed by atoms with Gasteiger partial charge in [-0.05, 0) is 42.2 Å². The van der Waals surface area contributed by atoms with E-state index in [9.17, 15) is 0 Å². The van der Waals surface area contributed by atoms with E-state index in [1.165, 1.54) is 16.9 Å². The summed E-state index contributed by atoms with van der Waals surface area (Å²) in [6, 6.07) is 19.3. The lowest BCUT2D eigenvalue weighted by atomic mass is 9.95. The zero-order valence-electron chi connectivity index (χ0n) is 12.4. The summed E-state index contributed by atoms with van der Waals surface area (Å²) >= 11 is 0. The molecular weight excluding hydrogens is 230 g/mol. The zero-order valence-corrected chi connectivity index (χ0v) is 12.4. The van der Waals surface area contributed by atoms with Crippen molar-refractivity contribution in [2.45, 2.75) is 27.7 Å². The maximum Gasteiger partial charge on any atom is 0.0413 e. The summed E-state index contributed by atoms with van der Waals surface area (Å²) in [6.07, 6.45) is 0. The molecule has 0 aliphatic carbocycles. The lowest BCUT2D eigenvalue weighted by Gasteiger charge is -2.32. The summed E-state index contributed by atoms with van der Waals surface area (Å²) in [5.41, 5.74) is 4.07. The van der Waals surface area contributed by atoms with Gasteiger partial charge in [-0.15, -0.1) is 0 Å². The maximum absolute atomic E-state index is 2.40. The van der Waals surface area contributed by atoms with Gasteiger partial charge in [0.25, 0.3) is 0 Å². The molecule has 0 spiro atoms. The summed E-state index contributed by atoms with van der Waals surface area (Å²) in [6.45, 7) is 9.97. The van der Waals surface area contributed by atoms with Crippen LogP contribution in [0.1, 0.15) is 26.3 Å². The second-order valence-electron chi connectivity index (χ2n) is 6.32. The number of aryl methyl sites for hydroxylation is 1. The molecule has 0 amide bonds. The lowest BCUT2D eigenvalue weighted by Crippen LogP contribution is -2.28. The molecule has 0 heterocycles. The molecule has 2 aromatic rings. The highest BCUT2D eigenvalue weighted by Gasteiger charge is 2.18. The van der Waals surface area contributed by atoms with Crippen molar-refractivity contribution < 1.29 is 0 Å². The highest BCUT2D eigenvalue weighted by Crippen LogP contribution is 2.29. The molecule has 0 aromatic heterocycles. The molecule has 0 fully saturated rings. The second kappa shape index (κ2) is 5.48. The number of nitrogens with zero attached hydrogens (tertiary/aromatic N) is 1. The van der Waals surface area contributed by atoms with E-state index in [1.807, 2.05) is 0 Å². The minimum atomic E-state index is 0.250. The Balaban J connectivity index is 2.40. The van der Waals surface area contributed by atoms with Crippen LogP contribution >= 0.6 is 0 Å². The molecule has 2 aromatic carbocycles. The minimum Gasteiger partial charge on any atom is -0.341 e. The van der Waals surface area contributed by atoms with Gasteiger partial charge in [-0.3, -0.25) is 0 Å². The number of rotatable bonds is 3. The lowest BCUT2D eigenvalue weighted by molar-refractivity contribution is 0.424. The SMILES string of the molecule is Cc1cccc(N(CC(C)(C)C)c2ccccc2)c1. The molecule has 0 aliphatic heterocycles. The molecule has 0 aliphatic rings. The Hall–Kier alpha value is -1.76. The predicted octanol–water partition coefficient (Wildman–Crippen LogP) is 5.18. The van der Waals surface area contributed by atoms with Crippen LogP contribution in [0, 0.1) is 12.3 Å². The first kappa shape index (κ1) is 13.7. The summed E-state index contributed by atoms with van der Waals surface area (Å²) < 4.78 is 0. The van der Waals surface area contributed by atoms with Gasteiger partial charge >= 0.3 is 0 Å². The van der Waals surface area contributed by atoms with E-state index in [0.29, 0.717) is 0 Å². The number of para-hydroxylation sites is 1. The van der Waals surface area contributed by atoms with E-state index in [2.05, 4.69) is 87.2 Å². The van der Waals surface area contributed by atoms with E-state index in [1.54, 1.807) is 0 Å². The summed E-state index contributed by atoms with van der Waals surface area (Å²) in [4.78, 5) is 2.40. The van der Waals surface area contributed by atoms with Crippen molar-refractivity contribution in [2.75, 3.05) is 11.4 Å². The van der Waals surface area contributed by atoms with Crippen LogP contribution in [-0.4, -0.2) is 6.54 Å². The monoisotopic (exact) mass is 253 g/mol. The molecule has 0 N–H and O–H groups in total. The molecule has 0 unspecified atom stereocenters. The first-order valence-corrected chi connectivity index (χ1v) is 6.85. The van der Waals surface area contributed by atoms with Crippen molar-refractivity contribution in [2.24, 2.45) is 5.41 Å². The van der Waals surface area contributed by atoms with Crippen molar-refractivity contribution in [3.8, 4) is 0 Å². The fourth-order valence-corrected chi connectivity index (χ4v) is 2.21. The van der Waals surface area contributed by atoms with Gasteiger partial charge in [-0.25, -0.2) is 0 Å². The molecule has 2 rings (SSSR count). The van der Waals surface area contributed by atoms with E-state index in [0.717, 1.165) is 6.54 Å². The van der Waals surface area contributed by atoms with Gasteiger partial charge in [0.05, 0.1) is 0 Å². The quantitative estimate of drug-likeness (QED) is 0.728. The van der Waals surface area contributed by atoms with Crippen molar-refractivity contribution in [3.05, 3.63) is 60.2 Å². The average molecular weight is 253 g/mol.